The fourth-order valence-corrected chi connectivity index (χ4v) is 5.75. The molecule has 7 atom stereocenters. The van der Waals surface area contributed by atoms with E-state index in [4.69, 9.17) is 9.47 Å². The molecular formula is C36H70O6. The van der Waals surface area contributed by atoms with Gasteiger partial charge >= 0.3 is 0 Å². The molecule has 2 heterocycles. The van der Waals surface area contributed by atoms with Crippen LogP contribution in [0, 0.1) is 17.8 Å². The summed E-state index contributed by atoms with van der Waals surface area (Å²) in [5, 5.41) is 39.7. The van der Waals surface area contributed by atoms with Gasteiger partial charge in [-0.3, -0.25) is 0 Å². The maximum atomic E-state index is 10.1. The van der Waals surface area contributed by atoms with E-state index in [2.05, 4.69) is 46.8 Å². The van der Waals surface area contributed by atoms with Gasteiger partial charge in [0.1, 0.15) is 0 Å². The number of epoxide rings is 1. The Bertz CT molecular complexity index is 828. The summed E-state index contributed by atoms with van der Waals surface area (Å²) in [4.78, 5) is 0. The van der Waals surface area contributed by atoms with Gasteiger partial charge < -0.3 is 29.9 Å². The summed E-state index contributed by atoms with van der Waals surface area (Å²) in [6.45, 7) is 30.0. The third-order valence-electron chi connectivity index (χ3n) is 8.57. The molecule has 250 valence electrons. The Morgan fingerprint density at radius 3 is 1.69 bits per heavy atom. The van der Waals surface area contributed by atoms with Gasteiger partial charge in [0.25, 0.3) is 0 Å². The normalized spacial score (nSPS) is 28.2. The fourth-order valence-electron chi connectivity index (χ4n) is 5.75. The van der Waals surface area contributed by atoms with Crippen molar-refractivity contribution in [1.82, 2.24) is 0 Å². The molecule has 0 radical (unpaired) electrons. The predicted octanol–water partition coefficient (Wildman–Crippen LogP) is 7.76. The van der Waals surface area contributed by atoms with Crippen molar-refractivity contribution in [2.45, 2.75) is 189 Å². The van der Waals surface area contributed by atoms with Crippen molar-refractivity contribution in [1.29, 1.82) is 0 Å². The van der Waals surface area contributed by atoms with Crippen LogP contribution in [0.3, 0.4) is 0 Å². The van der Waals surface area contributed by atoms with Crippen LogP contribution in [-0.2, 0) is 9.47 Å². The highest BCUT2D eigenvalue weighted by Crippen LogP contribution is 2.44. The Morgan fingerprint density at radius 1 is 0.833 bits per heavy atom. The molecule has 7 unspecified atom stereocenters. The van der Waals surface area contributed by atoms with Crippen LogP contribution < -0.4 is 0 Å². The van der Waals surface area contributed by atoms with Crippen molar-refractivity contribution in [2.75, 3.05) is 0 Å². The molecule has 0 aromatic carbocycles. The first-order valence-corrected chi connectivity index (χ1v) is 16.3. The van der Waals surface area contributed by atoms with E-state index in [-0.39, 0.29) is 23.5 Å². The molecule has 0 amide bonds. The summed E-state index contributed by atoms with van der Waals surface area (Å²) in [5.74, 6) is 0.934. The van der Waals surface area contributed by atoms with Crippen LogP contribution in [0.2, 0.25) is 0 Å². The summed E-state index contributed by atoms with van der Waals surface area (Å²) in [6, 6.07) is 0. The van der Waals surface area contributed by atoms with E-state index < -0.39 is 29.0 Å². The molecule has 6 heteroatoms. The van der Waals surface area contributed by atoms with Gasteiger partial charge in [0.05, 0.1) is 46.8 Å². The second-order valence-corrected chi connectivity index (χ2v) is 15.6. The molecule has 0 aliphatic carbocycles. The van der Waals surface area contributed by atoms with Crippen LogP contribution in [0.25, 0.3) is 0 Å². The number of hydrogen-bond acceptors (Lipinski definition) is 6. The third kappa shape index (κ3) is 14.3. The molecule has 0 aromatic rings. The minimum Gasteiger partial charge on any atom is -0.390 e. The molecule has 0 spiro atoms. The molecule has 42 heavy (non-hydrogen) atoms. The first-order valence-electron chi connectivity index (χ1n) is 16.3. The van der Waals surface area contributed by atoms with Gasteiger partial charge in [-0.1, -0.05) is 64.8 Å². The Kier molecular flexibility index (Phi) is 16.8. The average Bonchev–Trinajstić information content (AvgIpc) is 3.33. The number of aliphatic hydroxyl groups is 4. The highest BCUT2D eigenvalue weighted by atomic mass is 16.6. The van der Waals surface area contributed by atoms with E-state index in [0.29, 0.717) is 18.4 Å². The van der Waals surface area contributed by atoms with E-state index in [1.54, 1.807) is 20.8 Å². The van der Waals surface area contributed by atoms with Crippen molar-refractivity contribution in [3.8, 4) is 0 Å². The highest BCUT2D eigenvalue weighted by molar-refractivity contribution is 5.03. The van der Waals surface area contributed by atoms with E-state index >= 15 is 0 Å². The zero-order valence-electron chi connectivity index (χ0n) is 30.0. The summed E-state index contributed by atoms with van der Waals surface area (Å²) < 4.78 is 11.6. The molecule has 2 saturated heterocycles. The summed E-state index contributed by atoms with van der Waals surface area (Å²) in [5.41, 5.74) is 0.540. The van der Waals surface area contributed by atoms with Gasteiger partial charge in [0.15, 0.2) is 0 Å². The average molecular weight is 599 g/mol. The van der Waals surface area contributed by atoms with Gasteiger partial charge in [0.2, 0.25) is 0 Å². The summed E-state index contributed by atoms with van der Waals surface area (Å²) >= 11 is 0. The largest absolute Gasteiger partial charge is 0.390 e. The highest BCUT2D eigenvalue weighted by Gasteiger charge is 2.52. The van der Waals surface area contributed by atoms with E-state index in [9.17, 15) is 20.4 Å². The van der Waals surface area contributed by atoms with Crippen molar-refractivity contribution < 1.29 is 29.9 Å². The van der Waals surface area contributed by atoms with Crippen LogP contribution >= 0.6 is 0 Å². The van der Waals surface area contributed by atoms with Gasteiger partial charge in [-0.15, -0.1) is 0 Å². The van der Waals surface area contributed by atoms with Crippen LogP contribution in [0.1, 0.15) is 142 Å². The van der Waals surface area contributed by atoms with Crippen LogP contribution in [0.5, 0.6) is 0 Å². The second-order valence-electron chi connectivity index (χ2n) is 15.6. The third-order valence-corrected chi connectivity index (χ3v) is 8.57. The van der Waals surface area contributed by atoms with E-state index in [0.717, 1.165) is 25.7 Å². The lowest BCUT2D eigenvalue weighted by molar-refractivity contribution is -0.161. The number of rotatable bonds is 12. The molecule has 2 aliphatic heterocycles. The summed E-state index contributed by atoms with van der Waals surface area (Å²) in [6.07, 6.45) is 8.96. The Labute approximate surface area is 260 Å². The monoisotopic (exact) mass is 599 g/mol. The standard InChI is InChI=1S/C12H24O3.C12H24O2.C12H22O/c1-8(2)10(13)12(5)7-6-9(15-12)11(3,4)14;1-9(2)7-6-8-12(5,14)11(13)10(3)4;1-9(2)7-6-8-12(5)11(13-12)10(3)4/h8-10,13-14H,6-7H2,1-5H3;7,10-11,13-14H,6,8H2,1-5H3;7,10-11H,6,8H2,1-5H3. The van der Waals surface area contributed by atoms with Crippen LogP contribution in [0.4, 0.5) is 0 Å². The Hall–Kier alpha value is -0.760. The smallest absolute Gasteiger partial charge is 0.0926 e. The molecule has 0 aromatic heterocycles. The molecule has 2 fully saturated rings. The molecule has 2 rings (SSSR count). The minimum atomic E-state index is -0.972. The lowest BCUT2D eigenvalue weighted by Gasteiger charge is -2.35. The lowest BCUT2D eigenvalue weighted by atomic mass is 9.86. The van der Waals surface area contributed by atoms with Crippen LogP contribution in [-0.4, -0.2) is 67.2 Å². The van der Waals surface area contributed by atoms with Gasteiger partial charge in [0, 0.05) is 0 Å². The minimum absolute atomic E-state index is 0.0942. The zero-order chi connectivity index (χ0) is 33.3. The second kappa shape index (κ2) is 17.1. The number of aliphatic hydroxyl groups excluding tert-OH is 2. The number of hydrogen-bond donors (Lipinski definition) is 4. The van der Waals surface area contributed by atoms with Crippen molar-refractivity contribution in [3.63, 3.8) is 0 Å². The molecule has 4 N–H and O–H groups in total. The van der Waals surface area contributed by atoms with Gasteiger partial charge in [-0.2, -0.15) is 0 Å². The molecular weight excluding hydrogens is 528 g/mol. The maximum Gasteiger partial charge on any atom is 0.0926 e. The molecule has 0 saturated carbocycles. The first kappa shape index (κ1) is 41.2. The predicted molar refractivity (Wildman–Crippen MR) is 177 cm³/mol. The number of allylic oxidation sites excluding steroid dienone is 4. The lowest BCUT2D eigenvalue weighted by Crippen LogP contribution is -2.45. The zero-order valence-corrected chi connectivity index (χ0v) is 30.0. The fraction of sp³-hybridized carbons (Fsp3) is 0.889. The molecule has 2 aliphatic rings. The maximum absolute atomic E-state index is 10.1. The van der Waals surface area contributed by atoms with Crippen LogP contribution in [0.15, 0.2) is 23.3 Å². The topological polar surface area (TPSA) is 103 Å². The molecule has 6 nitrogen and oxygen atoms in total. The van der Waals surface area contributed by atoms with Gasteiger partial charge in [-0.05, 0) is 119 Å². The SMILES string of the molecule is CC(C)=CCCC(C)(O)C(O)C(C)C.CC(C)=CCCC1(C)OC1C(C)C.CC(C)C(O)C1(C)CCC(C(C)(C)O)O1. The van der Waals surface area contributed by atoms with Crippen molar-refractivity contribution in [3.05, 3.63) is 23.3 Å². The summed E-state index contributed by atoms with van der Waals surface area (Å²) in [7, 11) is 0. The van der Waals surface area contributed by atoms with Gasteiger partial charge in [-0.25, -0.2) is 0 Å². The van der Waals surface area contributed by atoms with Crippen molar-refractivity contribution >= 4 is 0 Å². The van der Waals surface area contributed by atoms with E-state index in [1.807, 2.05) is 48.5 Å². The Morgan fingerprint density at radius 2 is 1.33 bits per heavy atom. The quantitative estimate of drug-likeness (QED) is 0.135. The first-order chi connectivity index (χ1) is 18.9. The van der Waals surface area contributed by atoms with E-state index in [1.165, 1.54) is 17.6 Å². The Balaban J connectivity index is 0.000000602. The molecule has 0 bridgehead atoms. The number of ether oxygens (including phenoxy) is 2. The van der Waals surface area contributed by atoms with Crippen molar-refractivity contribution in [2.24, 2.45) is 17.8 Å².